The fraction of sp³-hybridized carbons (Fsp3) is 0.278. The molecule has 1 N–H and O–H groups in total. The Morgan fingerprint density at radius 3 is 2.64 bits per heavy atom. The lowest BCUT2D eigenvalue weighted by Gasteiger charge is -2.23. The van der Waals surface area contributed by atoms with Crippen LogP contribution in [0.5, 0.6) is 0 Å². The molecule has 2 aliphatic rings. The molecule has 0 atom stereocenters. The summed E-state index contributed by atoms with van der Waals surface area (Å²) in [6.45, 7) is 0.574. The van der Waals surface area contributed by atoms with E-state index in [9.17, 15) is 14.9 Å². The molecule has 0 spiro atoms. The van der Waals surface area contributed by atoms with Gasteiger partial charge >= 0.3 is 0 Å². The highest BCUT2D eigenvalue weighted by Gasteiger charge is 2.35. The van der Waals surface area contributed by atoms with Crippen LogP contribution in [0.4, 0.5) is 11.4 Å². The highest BCUT2D eigenvalue weighted by molar-refractivity contribution is 6.30. The van der Waals surface area contributed by atoms with Crippen LogP contribution in [0, 0.1) is 11.3 Å². The van der Waals surface area contributed by atoms with Gasteiger partial charge < -0.3 is 9.88 Å². The van der Waals surface area contributed by atoms with E-state index in [0.717, 1.165) is 25.0 Å². The van der Waals surface area contributed by atoms with Gasteiger partial charge in [-0.15, -0.1) is 0 Å². The molecule has 0 bridgehead atoms. The molecule has 6 nitrogen and oxygen atoms in total. The van der Waals surface area contributed by atoms with Gasteiger partial charge in [0.2, 0.25) is 5.91 Å². The Morgan fingerprint density at radius 1 is 1.16 bits per heavy atom. The number of nitriles is 1. The molecule has 0 unspecified atom stereocenters. The summed E-state index contributed by atoms with van der Waals surface area (Å²) in [6, 6.07) is 8.96. The Morgan fingerprint density at radius 2 is 1.92 bits per heavy atom. The molecule has 7 heteroatoms. The van der Waals surface area contributed by atoms with Crippen LogP contribution < -0.4 is 10.2 Å². The predicted molar refractivity (Wildman–Crippen MR) is 93.8 cm³/mol. The van der Waals surface area contributed by atoms with Crippen molar-refractivity contribution in [1.29, 1.82) is 5.26 Å². The third kappa shape index (κ3) is 2.48. The van der Waals surface area contributed by atoms with E-state index in [1.165, 1.54) is 4.90 Å². The van der Waals surface area contributed by atoms with Crippen molar-refractivity contribution in [3.05, 3.63) is 46.2 Å². The van der Waals surface area contributed by atoms with Gasteiger partial charge in [0.15, 0.2) is 0 Å². The van der Waals surface area contributed by atoms with Crippen LogP contribution in [0.25, 0.3) is 0 Å². The second kappa shape index (κ2) is 5.94. The number of fused-ring (bicyclic) bond motifs is 3. The predicted octanol–water partition coefficient (Wildman–Crippen LogP) is 2.95. The number of halogens is 1. The number of hydrogen-bond donors (Lipinski definition) is 1. The molecule has 3 heterocycles. The van der Waals surface area contributed by atoms with Crippen molar-refractivity contribution < 1.29 is 9.59 Å². The summed E-state index contributed by atoms with van der Waals surface area (Å²) in [6.07, 6.45) is 2.65. The number of hydrogen-bond acceptors (Lipinski definition) is 3. The van der Waals surface area contributed by atoms with Crippen LogP contribution in [0.1, 0.15) is 34.6 Å². The number of rotatable bonds is 1. The third-order valence-electron chi connectivity index (χ3n) is 4.68. The van der Waals surface area contributed by atoms with E-state index in [-0.39, 0.29) is 18.4 Å². The van der Waals surface area contributed by atoms with Gasteiger partial charge in [-0.25, -0.2) is 0 Å². The third-order valence-corrected chi connectivity index (χ3v) is 4.93. The van der Waals surface area contributed by atoms with Crippen LogP contribution in [0.2, 0.25) is 5.02 Å². The van der Waals surface area contributed by atoms with Crippen LogP contribution in [0.3, 0.4) is 0 Å². The minimum absolute atomic E-state index is 0.102. The van der Waals surface area contributed by atoms with Crippen LogP contribution in [-0.4, -0.2) is 22.9 Å². The van der Waals surface area contributed by atoms with Crippen molar-refractivity contribution in [2.24, 2.45) is 0 Å². The summed E-state index contributed by atoms with van der Waals surface area (Å²) in [5, 5.41) is 12.9. The van der Waals surface area contributed by atoms with E-state index in [0.29, 0.717) is 34.2 Å². The standard InChI is InChI=1S/C18H15ClN4O2/c19-11-4-6-12(7-5-11)23-10-15(24)21-16-13(9-20)14-3-1-2-8-22(14)17(16)18(23)25/h4-7H,1-3,8,10H2,(H,21,24). The quantitative estimate of drug-likeness (QED) is 0.855. The molecule has 1 aromatic heterocycles. The molecule has 1 aromatic carbocycles. The number of carbonyl (C=O) groups is 2. The number of amides is 2. The van der Waals surface area contributed by atoms with Crippen molar-refractivity contribution in [1.82, 2.24) is 4.57 Å². The molecule has 2 amide bonds. The van der Waals surface area contributed by atoms with E-state index in [4.69, 9.17) is 11.6 Å². The average molecular weight is 355 g/mol. The zero-order valence-corrected chi connectivity index (χ0v) is 14.1. The monoisotopic (exact) mass is 354 g/mol. The first kappa shape index (κ1) is 15.7. The maximum absolute atomic E-state index is 13.2. The highest BCUT2D eigenvalue weighted by Crippen LogP contribution is 2.35. The Bertz CT molecular complexity index is 924. The summed E-state index contributed by atoms with van der Waals surface area (Å²) in [5.74, 6) is -0.596. The van der Waals surface area contributed by atoms with E-state index < -0.39 is 0 Å². The Balaban J connectivity index is 1.89. The minimum atomic E-state index is -0.318. The van der Waals surface area contributed by atoms with Gasteiger partial charge in [-0.05, 0) is 43.5 Å². The first-order valence-corrected chi connectivity index (χ1v) is 8.50. The summed E-state index contributed by atoms with van der Waals surface area (Å²) < 4.78 is 1.90. The Kier molecular flexibility index (Phi) is 3.74. The van der Waals surface area contributed by atoms with Gasteiger partial charge in [-0.3, -0.25) is 14.5 Å². The number of nitrogens with one attached hydrogen (secondary N) is 1. The van der Waals surface area contributed by atoms with Gasteiger partial charge in [0, 0.05) is 22.9 Å². The SMILES string of the molecule is N#Cc1c2c(n3c1CCCC3)C(=O)N(c1ccc(Cl)cc1)CC(=O)N2. The first-order chi connectivity index (χ1) is 12.1. The minimum Gasteiger partial charge on any atom is -0.338 e. The molecule has 0 aliphatic carbocycles. The van der Waals surface area contributed by atoms with Gasteiger partial charge in [0.1, 0.15) is 18.3 Å². The molecule has 0 saturated carbocycles. The second-order valence-electron chi connectivity index (χ2n) is 6.18. The maximum Gasteiger partial charge on any atom is 0.277 e. The first-order valence-electron chi connectivity index (χ1n) is 8.13. The molecule has 4 rings (SSSR count). The fourth-order valence-corrected chi connectivity index (χ4v) is 3.68. The van der Waals surface area contributed by atoms with E-state index >= 15 is 0 Å². The topological polar surface area (TPSA) is 78.1 Å². The molecule has 0 saturated heterocycles. The summed E-state index contributed by atoms with van der Waals surface area (Å²) >= 11 is 5.92. The molecule has 25 heavy (non-hydrogen) atoms. The zero-order chi connectivity index (χ0) is 17.6. The van der Waals surface area contributed by atoms with Crippen molar-refractivity contribution in [3.63, 3.8) is 0 Å². The molecule has 2 aromatic rings. The van der Waals surface area contributed by atoms with Crippen molar-refractivity contribution >= 4 is 34.8 Å². The van der Waals surface area contributed by atoms with Crippen molar-refractivity contribution in [2.75, 3.05) is 16.8 Å². The molecule has 0 radical (unpaired) electrons. The van der Waals surface area contributed by atoms with Crippen molar-refractivity contribution in [2.45, 2.75) is 25.8 Å². The molecule has 0 fully saturated rings. The Hall–Kier alpha value is -2.78. The lowest BCUT2D eigenvalue weighted by Crippen LogP contribution is -2.36. The molecule has 126 valence electrons. The lowest BCUT2D eigenvalue weighted by molar-refractivity contribution is -0.114. The fourth-order valence-electron chi connectivity index (χ4n) is 3.55. The van der Waals surface area contributed by atoms with Gasteiger partial charge in [0.25, 0.3) is 5.91 Å². The molecular formula is C18H15ClN4O2. The van der Waals surface area contributed by atoms with Gasteiger partial charge in [-0.2, -0.15) is 5.26 Å². The molecular weight excluding hydrogens is 340 g/mol. The summed E-state index contributed by atoms with van der Waals surface area (Å²) in [7, 11) is 0. The van der Waals surface area contributed by atoms with Gasteiger partial charge in [-0.1, -0.05) is 11.6 Å². The lowest BCUT2D eigenvalue weighted by atomic mass is 10.1. The number of aromatic nitrogens is 1. The molecule has 2 aliphatic heterocycles. The maximum atomic E-state index is 13.2. The highest BCUT2D eigenvalue weighted by atomic mass is 35.5. The summed E-state index contributed by atoms with van der Waals surface area (Å²) in [5.41, 5.74) is 2.60. The smallest absolute Gasteiger partial charge is 0.277 e. The number of benzene rings is 1. The second-order valence-corrected chi connectivity index (χ2v) is 6.62. The van der Waals surface area contributed by atoms with E-state index in [1.54, 1.807) is 24.3 Å². The van der Waals surface area contributed by atoms with Crippen LogP contribution in [-0.2, 0) is 17.8 Å². The van der Waals surface area contributed by atoms with Gasteiger partial charge in [0.05, 0.1) is 11.3 Å². The van der Waals surface area contributed by atoms with Crippen molar-refractivity contribution in [3.8, 4) is 6.07 Å². The average Bonchev–Trinajstić information content (AvgIpc) is 2.85. The normalized spacial score (nSPS) is 16.6. The Labute approximate surface area is 149 Å². The van der Waals surface area contributed by atoms with E-state index in [1.807, 2.05) is 4.57 Å². The van der Waals surface area contributed by atoms with Crippen LogP contribution >= 0.6 is 11.6 Å². The number of carbonyl (C=O) groups excluding carboxylic acids is 2. The zero-order valence-electron chi connectivity index (χ0n) is 13.4. The van der Waals surface area contributed by atoms with Crippen LogP contribution in [0.15, 0.2) is 24.3 Å². The number of anilines is 2. The summed E-state index contributed by atoms with van der Waals surface area (Å²) in [4.78, 5) is 27.0. The number of nitrogens with zero attached hydrogens (tertiary/aromatic N) is 3. The van der Waals surface area contributed by atoms with E-state index in [2.05, 4.69) is 11.4 Å². The largest absolute Gasteiger partial charge is 0.338 e.